The first-order chi connectivity index (χ1) is 7.69. The summed E-state index contributed by atoms with van der Waals surface area (Å²) in [5, 5.41) is 9.32. The van der Waals surface area contributed by atoms with Gasteiger partial charge in [-0.1, -0.05) is 31.2 Å². The van der Waals surface area contributed by atoms with E-state index in [0.29, 0.717) is 5.56 Å². The van der Waals surface area contributed by atoms with Crippen molar-refractivity contribution in [1.29, 1.82) is 0 Å². The maximum Gasteiger partial charge on any atom is 0.127 e. The molecule has 0 aliphatic carbocycles. The van der Waals surface area contributed by atoms with E-state index in [9.17, 15) is 9.50 Å². The topological polar surface area (TPSA) is 20.2 Å². The maximum atomic E-state index is 13.1. The summed E-state index contributed by atoms with van der Waals surface area (Å²) in [6.45, 7) is 2.09. The summed E-state index contributed by atoms with van der Waals surface area (Å²) in [6.07, 6.45) is 0.981. The van der Waals surface area contributed by atoms with E-state index in [2.05, 4.69) is 6.92 Å². The van der Waals surface area contributed by atoms with Gasteiger partial charge in [-0.2, -0.15) is 0 Å². The number of aromatic hydroxyl groups is 1. The van der Waals surface area contributed by atoms with Gasteiger partial charge in [0.2, 0.25) is 0 Å². The number of aryl methyl sites for hydroxylation is 1. The molecule has 0 saturated heterocycles. The molecule has 0 saturated carbocycles. The summed E-state index contributed by atoms with van der Waals surface area (Å²) in [7, 11) is 0. The van der Waals surface area contributed by atoms with Crippen LogP contribution in [0.15, 0.2) is 42.5 Å². The lowest BCUT2D eigenvalue weighted by Crippen LogP contribution is -1.83. The van der Waals surface area contributed by atoms with Crippen molar-refractivity contribution in [3.05, 3.63) is 53.8 Å². The number of hydrogen-bond acceptors (Lipinski definition) is 1. The average Bonchev–Trinajstić information content (AvgIpc) is 2.28. The Bertz CT molecular complexity index is 468. The highest BCUT2D eigenvalue weighted by Crippen LogP contribution is 2.25. The Balaban J connectivity index is 2.42. The van der Waals surface area contributed by atoms with Gasteiger partial charge in [0.15, 0.2) is 0 Å². The molecule has 0 bridgehead atoms. The molecule has 0 aromatic heterocycles. The van der Waals surface area contributed by atoms with Gasteiger partial charge >= 0.3 is 0 Å². The largest absolute Gasteiger partial charge is 0.508 e. The molecule has 2 heteroatoms. The maximum absolute atomic E-state index is 13.1. The number of phenols is 1. The molecule has 0 aliphatic rings. The SMILES string of the molecule is CCc1ccc(-c2cc(O)cc(F)c2)cc1. The lowest BCUT2D eigenvalue weighted by molar-refractivity contribution is 0.469. The molecule has 0 radical (unpaired) electrons. The first-order valence-corrected chi connectivity index (χ1v) is 5.28. The Morgan fingerprint density at radius 3 is 2.25 bits per heavy atom. The minimum Gasteiger partial charge on any atom is -0.508 e. The van der Waals surface area contributed by atoms with E-state index in [4.69, 9.17) is 0 Å². The van der Waals surface area contributed by atoms with Gasteiger partial charge in [0.05, 0.1) is 0 Å². The van der Waals surface area contributed by atoms with Crippen molar-refractivity contribution in [3.8, 4) is 16.9 Å². The first-order valence-electron chi connectivity index (χ1n) is 5.28. The van der Waals surface area contributed by atoms with Crippen LogP contribution in [-0.4, -0.2) is 5.11 Å². The van der Waals surface area contributed by atoms with Crippen molar-refractivity contribution in [3.63, 3.8) is 0 Å². The Kier molecular flexibility index (Phi) is 2.91. The summed E-state index contributed by atoms with van der Waals surface area (Å²) in [5.74, 6) is -0.468. The van der Waals surface area contributed by atoms with Crippen LogP contribution in [-0.2, 0) is 6.42 Å². The second kappa shape index (κ2) is 4.35. The molecule has 0 aliphatic heterocycles. The summed E-state index contributed by atoms with van der Waals surface area (Å²) in [4.78, 5) is 0. The van der Waals surface area contributed by atoms with E-state index in [1.165, 1.54) is 11.6 Å². The predicted molar refractivity (Wildman–Crippen MR) is 62.9 cm³/mol. The van der Waals surface area contributed by atoms with Gasteiger partial charge in [0.1, 0.15) is 11.6 Å². The minimum absolute atomic E-state index is 0.0467. The molecule has 0 unspecified atom stereocenters. The first kappa shape index (κ1) is 10.7. The highest BCUT2D eigenvalue weighted by Gasteiger charge is 2.02. The molecular weight excluding hydrogens is 203 g/mol. The van der Waals surface area contributed by atoms with Crippen LogP contribution in [0.4, 0.5) is 4.39 Å². The highest BCUT2D eigenvalue weighted by molar-refractivity contribution is 5.65. The number of rotatable bonds is 2. The Morgan fingerprint density at radius 2 is 1.69 bits per heavy atom. The fourth-order valence-electron chi connectivity index (χ4n) is 1.67. The zero-order valence-corrected chi connectivity index (χ0v) is 9.07. The molecule has 16 heavy (non-hydrogen) atoms. The van der Waals surface area contributed by atoms with Gasteiger partial charge in [-0.05, 0) is 35.2 Å². The highest BCUT2D eigenvalue weighted by atomic mass is 19.1. The lowest BCUT2D eigenvalue weighted by Gasteiger charge is -2.04. The Labute approximate surface area is 94.2 Å². The average molecular weight is 216 g/mol. The zero-order chi connectivity index (χ0) is 11.5. The van der Waals surface area contributed by atoms with Crippen molar-refractivity contribution < 1.29 is 9.50 Å². The van der Waals surface area contributed by atoms with Gasteiger partial charge < -0.3 is 5.11 Å². The van der Waals surface area contributed by atoms with Crippen LogP contribution in [0.25, 0.3) is 11.1 Å². The van der Waals surface area contributed by atoms with E-state index < -0.39 is 5.82 Å². The fourth-order valence-corrected chi connectivity index (χ4v) is 1.67. The molecule has 82 valence electrons. The molecule has 2 aromatic carbocycles. The van der Waals surface area contributed by atoms with Crippen molar-refractivity contribution in [2.24, 2.45) is 0 Å². The van der Waals surface area contributed by atoms with Crippen LogP contribution < -0.4 is 0 Å². The van der Waals surface area contributed by atoms with Crippen LogP contribution in [0.3, 0.4) is 0 Å². The molecule has 0 atom stereocenters. The van der Waals surface area contributed by atoms with E-state index in [1.54, 1.807) is 6.07 Å². The van der Waals surface area contributed by atoms with Crippen molar-refractivity contribution in [2.45, 2.75) is 13.3 Å². The van der Waals surface area contributed by atoms with Gasteiger partial charge in [-0.15, -0.1) is 0 Å². The normalized spacial score (nSPS) is 10.4. The summed E-state index contributed by atoms with van der Waals surface area (Å²) < 4.78 is 13.1. The molecule has 0 fully saturated rings. The van der Waals surface area contributed by atoms with E-state index >= 15 is 0 Å². The smallest absolute Gasteiger partial charge is 0.127 e. The molecule has 1 nitrogen and oxygen atoms in total. The van der Waals surface area contributed by atoms with Crippen LogP contribution >= 0.6 is 0 Å². The van der Waals surface area contributed by atoms with Crippen LogP contribution in [0.5, 0.6) is 5.75 Å². The third-order valence-electron chi connectivity index (χ3n) is 2.58. The number of halogens is 1. The second-order valence-corrected chi connectivity index (χ2v) is 3.75. The van der Waals surface area contributed by atoms with Crippen molar-refractivity contribution >= 4 is 0 Å². The number of hydrogen-bond donors (Lipinski definition) is 1. The molecule has 0 amide bonds. The van der Waals surface area contributed by atoms with Gasteiger partial charge in [0, 0.05) is 6.07 Å². The number of phenolic OH excluding ortho intramolecular Hbond substituents is 1. The lowest BCUT2D eigenvalue weighted by atomic mass is 10.0. The predicted octanol–water partition coefficient (Wildman–Crippen LogP) is 3.76. The van der Waals surface area contributed by atoms with E-state index in [-0.39, 0.29) is 5.75 Å². The van der Waals surface area contributed by atoms with Gasteiger partial charge in [0.25, 0.3) is 0 Å². The molecule has 0 heterocycles. The van der Waals surface area contributed by atoms with Crippen LogP contribution in [0.2, 0.25) is 0 Å². The van der Waals surface area contributed by atoms with E-state index in [0.717, 1.165) is 18.1 Å². The van der Waals surface area contributed by atoms with Crippen molar-refractivity contribution in [1.82, 2.24) is 0 Å². The van der Waals surface area contributed by atoms with Crippen molar-refractivity contribution in [2.75, 3.05) is 0 Å². The zero-order valence-electron chi connectivity index (χ0n) is 9.07. The second-order valence-electron chi connectivity index (χ2n) is 3.75. The standard InChI is InChI=1S/C14H13FO/c1-2-10-3-5-11(6-4-10)12-7-13(15)9-14(16)8-12/h3-9,16H,2H2,1H3. The monoisotopic (exact) mass is 216 g/mol. The summed E-state index contributed by atoms with van der Waals surface area (Å²) in [5.41, 5.74) is 2.84. The Morgan fingerprint density at radius 1 is 1.00 bits per heavy atom. The third-order valence-corrected chi connectivity index (χ3v) is 2.58. The minimum atomic E-state index is -0.422. The molecular formula is C14H13FO. The fraction of sp³-hybridized carbons (Fsp3) is 0.143. The van der Waals surface area contributed by atoms with E-state index in [1.807, 2.05) is 24.3 Å². The van der Waals surface area contributed by atoms with Crippen LogP contribution in [0, 0.1) is 5.82 Å². The summed E-state index contributed by atoms with van der Waals surface area (Å²) in [6, 6.07) is 12.0. The van der Waals surface area contributed by atoms with Crippen LogP contribution in [0.1, 0.15) is 12.5 Å². The van der Waals surface area contributed by atoms with Gasteiger partial charge in [-0.25, -0.2) is 4.39 Å². The third kappa shape index (κ3) is 2.22. The molecule has 0 spiro atoms. The summed E-state index contributed by atoms with van der Waals surface area (Å²) >= 11 is 0. The quantitative estimate of drug-likeness (QED) is 0.810. The number of benzene rings is 2. The molecule has 2 rings (SSSR count). The van der Waals surface area contributed by atoms with Gasteiger partial charge in [-0.3, -0.25) is 0 Å². The molecule has 1 N–H and O–H groups in total. The molecule has 2 aromatic rings. The Hall–Kier alpha value is -1.83.